The molecule has 2 heterocycles. The lowest BCUT2D eigenvalue weighted by atomic mass is 10.1. The second-order valence-electron chi connectivity index (χ2n) is 4.97. The van der Waals surface area contributed by atoms with E-state index in [1.54, 1.807) is 14.0 Å². The van der Waals surface area contributed by atoms with Gasteiger partial charge in [-0.25, -0.2) is 14.8 Å². The van der Waals surface area contributed by atoms with Crippen LogP contribution in [0.3, 0.4) is 0 Å². The van der Waals surface area contributed by atoms with Crippen molar-refractivity contribution in [1.82, 2.24) is 9.97 Å². The van der Waals surface area contributed by atoms with E-state index >= 15 is 0 Å². The van der Waals surface area contributed by atoms with E-state index in [4.69, 9.17) is 14.6 Å². The van der Waals surface area contributed by atoms with Gasteiger partial charge in [0.25, 0.3) is 0 Å². The van der Waals surface area contributed by atoms with Gasteiger partial charge in [0.05, 0.1) is 31.5 Å². The second-order valence-corrected chi connectivity index (χ2v) is 4.97. The SMILES string of the molecule is CCOC(=O)CC1CC(OC)CN1c1cnc(C(=O)O)cn1. The highest BCUT2D eigenvalue weighted by Gasteiger charge is 2.35. The van der Waals surface area contributed by atoms with Crippen molar-refractivity contribution in [3.8, 4) is 0 Å². The number of carboxylic acid groups (broad SMARTS) is 1. The van der Waals surface area contributed by atoms with Crippen LogP contribution < -0.4 is 4.90 Å². The Balaban J connectivity index is 2.14. The molecule has 0 aliphatic carbocycles. The number of hydrogen-bond donors (Lipinski definition) is 1. The number of aromatic carboxylic acids is 1. The average Bonchev–Trinajstić information content (AvgIpc) is 2.90. The Morgan fingerprint density at radius 1 is 1.41 bits per heavy atom. The Labute approximate surface area is 128 Å². The van der Waals surface area contributed by atoms with Gasteiger partial charge in [0, 0.05) is 19.7 Å². The van der Waals surface area contributed by atoms with Crippen LogP contribution in [-0.2, 0) is 14.3 Å². The zero-order chi connectivity index (χ0) is 16.1. The third-order valence-electron chi connectivity index (χ3n) is 3.57. The van der Waals surface area contributed by atoms with E-state index in [1.165, 1.54) is 12.4 Å². The van der Waals surface area contributed by atoms with Crippen molar-refractivity contribution in [2.75, 3.05) is 25.2 Å². The van der Waals surface area contributed by atoms with Gasteiger partial charge in [-0.05, 0) is 13.3 Å². The Kier molecular flexibility index (Phi) is 5.26. The van der Waals surface area contributed by atoms with Gasteiger partial charge in [-0.2, -0.15) is 0 Å². The van der Waals surface area contributed by atoms with Crippen molar-refractivity contribution >= 4 is 17.8 Å². The molecule has 1 aromatic rings. The van der Waals surface area contributed by atoms with Crippen molar-refractivity contribution in [1.29, 1.82) is 0 Å². The zero-order valence-corrected chi connectivity index (χ0v) is 12.6. The van der Waals surface area contributed by atoms with Crippen LogP contribution in [0.1, 0.15) is 30.3 Å². The second kappa shape index (κ2) is 7.17. The number of carbonyl (C=O) groups excluding carboxylic acids is 1. The number of carboxylic acids is 1. The Bertz CT molecular complexity index is 534. The van der Waals surface area contributed by atoms with Gasteiger partial charge in [0.1, 0.15) is 5.82 Å². The maximum Gasteiger partial charge on any atom is 0.356 e. The number of rotatable bonds is 6. The minimum atomic E-state index is -1.13. The van der Waals surface area contributed by atoms with Crippen LogP contribution in [0.2, 0.25) is 0 Å². The van der Waals surface area contributed by atoms with Crippen LogP contribution in [0, 0.1) is 0 Å². The fraction of sp³-hybridized carbons (Fsp3) is 0.571. The smallest absolute Gasteiger partial charge is 0.356 e. The van der Waals surface area contributed by atoms with E-state index in [0.29, 0.717) is 25.4 Å². The molecule has 2 atom stereocenters. The molecule has 120 valence electrons. The summed E-state index contributed by atoms with van der Waals surface area (Å²) in [5.41, 5.74) is -0.117. The number of carbonyl (C=O) groups is 2. The van der Waals surface area contributed by atoms with Gasteiger partial charge in [-0.1, -0.05) is 0 Å². The molecule has 1 fully saturated rings. The summed E-state index contributed by atoms with van der Waals surface area (Å²) in [6.45, 7) is 2.67. The fourth-order valence-corrected chi connectivity index (χ4v) is 2.51. The summed E-state index contributed by atoms with van der Waals surface area (Å²) < 4.78 is 10.3. The number of esters is 1. The number of aromatic nitrogens is 2. The van der Waals surface area contributed by atoms with Gasteiger partial charge in [-0.15, -0.1) is 0 Å². The highest BCUT2D eigenvalue weighted by atomic mass is 16.5. The average molecular weight is 309 g/mol. The number of ether oxygens (including phenoxy) is 2. The Hall–Kier alpha value is -2.22. The molecule has 2 unspecified atom stereocenters. The minimum absolute atomic E-state index is 0.0135. The molecule has 2 rings (SSSR count). The molecule has 1 aliphatic rings. The summed E-state index contributed by atoms with van der Waals surface area (Å²) in [6, 6.07) is -0.103. The van der Waals surface area contributed by atoms with Gasteiger partial charge >= 0.3 is 11.9 Å². The van der Waals surface area contributed by atoms with E-state index in [1.807, 2.05) is 4.90 Å². The van der Waals surface area contributed by atoms with Crippen molar-refractivity contribution in [2.24, 2.45) is 0 Å². The molecule has 1 N–H and O–H groups in total. The quantitative estimate of drug-likeness (QED) is 0.767. The van der Waals surface area contributed by atoms with Crippen LogP contribution in [0.4, 0.5) is 5.82 Å². The van der Waals surface area contributed by atoms with Crippen molar-refractivity contribution < 1.29 is 24.2 Å². The lowest BCUT2D eigenvalue weighted by molar-refractivity contribution is -0.143. The lowest BCUT2D eigenvalue weighted by Crippen LogP contribution is -2.33. The van der Waals surface area contributed by atoms with E-state index in [-0.39, 0.29) is 30.2 Å². The number of nitrogens with zero attached hydrogens (tertiary/aromatic N) is 3. The summed E-state index contributed by atoms with van der Waals surface area (Å²) in [5, 5.41) is 8.85. The third-order valence-corrected chi connectivity index (χ3v) is 3.57. The van der Waals surface area contributed by atoms with Crippen LogP contribution in [0.5, 0.6) is 0 Å². The fourth-order valence-electron chi connectivity index (χ4n) is 2.51. The first-order chi connectivity index (χ1) is 10.5. The minimum Gasteiger partial charge on any atom is -0.476 e. The molecular formula is C14H19N3O5. The van der Waals surface area contributed by atoms with Gasteiger partial charge in [-0.3, -0.25) is 4.79 Å². The predicted octanol–water partition coefficient (Wildman–Crippen LogP) is 0.722. The molecule has 8 heteroatoms. The normalized spacial score (nSPS) is 20.9. The third kappa shape index (κ3) is 3.70. The van der Waals surface area contributed by atoms with E-state index in [9.17, 15) is 9.59 Å². The highest BCUT2D eigenvalue weighted by Crippen LogP contribution is 2.27. The Morgan fingerprint density at radius 3 is 2.73 bits per heavy atom. The van der Waals surface area contributed by atoms with Crippen molar-refractivity contribution in [3.05, 3.63) is 18.1 Å². The molecule has 0 spiro atoms. The maximum atomic E-state index is 11.7. The topological polar surface area (TPSA) is 102 Å². The van der Waals surface area contributed by atoms with Crippen LogP contribution in [0.15, 0.2) is 12.4 Å². The summed E-state index contributed by atoms with van der Waals surface area (Å²) >= 11 is 0. The summed E-state index contributed by atoms with van der Waals surface area (Å²) in [6.07, 6.45) is 3.51. The summed E-state index contributed by atoms with van der Waals surface area (Å²) in [4.78, 5) is 32.4. The van der Waals surface area contributed by atoms with E-state index in [0.717, 1.165) is 0 Å². The molecule has 0 amide bonds. The first kappa shape index (κ1) is 16.2. The molecule has 0 aromatic carbocycles. The first-order valence-electron chi connectivity index (χ1n) is 7.05. The Morgan fingerprint density at radius 2 is 2.18 bits per heavy atom. The molecule has 1 aromatic heterocycles. The number of methoxy groups -OCH3 is 1. The van der Waals surface area contributed by atoms with Crippen molar-refractivity contribution in [2.45, 2.75) is 31.9 Å². The van der Waals surface area contributed by atoms with E-state index < -0.39 is 5.97 Å². The van der Waals surface area contributed by atoms with E-state index in [2.05, 4.69) is 9.97 Å². The van der Waals surface area contributed by atoms with Gasteiger partial charge < -0.3 is 19.5 Å². The predicted molar refractivity (Wildman–Crippen MR) is 76.8 cm³/mol. The highest BCUT2D eigenvalue weighted by molar-refractivity contribution is 5.84. The molecule has 0 radical (unpaired) electrons. The number of anilines is 1. The zero-order valence-electron chi connectivity index (χ0n) is 12.6. The lowest BCUT2D eigenvalue weighted by Gasteiger charge is -2.24. The van der Waals surface area contributed by atoms with Crippen LogP contribution in [0.25, 0.3) is 0 Å². The maximum absolute atomic E-state index is 11.7. The molecular weight excluding hydrogens is 290 g/mol. The van der Waals surface area contributed by atoms with Gasteiger partial charge in [0.2, 0.25) is 0 Å². The summed E-state index contributed by atoms with van der Waals surface area (Å²) in [5.74, 6) is -0.874. The number of hydrogen-bond acceptors (Lipinski definition) is 7. The van der Waals surface area contributed by atoms with Crippen molar-refractivity contribution in [3.63, 3.8) is 0 Å². The molecule has 1 aliphatic heterocycles. The molecule has 8 nitrogen and oxygen atoms in total. The molecule has 0 bridgehead atoms. The standard InChI is InChI=1S/C14H19N3O5/c1-3-22-13(18)5-9-4-10(21-2)8-17(9)12-7-15-11(6-16-12)14(19)20/h6-7,9-10H,3-5,8H2,1-2H3,(H,19,20). The van der Waals surface area contributed by atoms with Crippen LogP contribution >= 0.6 is 0 Å². The first-order valence-corrected chi connectivity index (χ1v) is 7.05. The molecule has 22 heavy (non-hydrogen) atoms. The molecule has 1 saturated heterocycles. The molecule has 0 saturated carbocycles. The van der Waals surface area contributed by atoms with Crippen LogP contribution in [-0.4, -0.2) is 59.4 Å². The largest absolute Gasteiger partial charge is 0.476 e. The monoisotopic (exact) mass is 309 g/mol. The van der Waals surface area contributed by atoms with Gasteiger partial charge in [0.15, 0.2) is 5.69 Å². The summed E-state index contributed by atoms with van der Waals surface area (Å²) in [7, 11) is 1.62.